The minimum absolute atomic E-state index is 0. The van der Waals surface area contributed by atoms with Crippen molar-refractivity contribution in [3.63, 3.8) is 0 Å². The summed E-state index contributed by atoms with van der Waals surface area (Å²) in [7, 11) is 0. The molecule has 2 aliphatic rings. The highest BCUT2D eigenvalue weighted by atomic mass is 16.7. The van der Waals surface area contributed by atoms with Crippen LogP contribution in [0.2, 0.25) is 0 Å². The van der Waals surface area contributed by atoms with Gasteiger partial charge in [-0.15, -0.1) is 0 Å². The fourth-order valence-electron chi connectivity index (χ4n) is 3.67. The Balaban J connectivity index is 0.000000794. The number of hydrogen-bond acceptors (Lipinski definition) is 9. The van der Waals surface area contributed by atoms with E-state index in [0.29, 0.717) is 58.3 Å². The zero-order chi connectivity index (χ0) is 29.5. The predicted octanol–water partition coefficient (Wildman–Crippen LogP) is 4.35. The summed E-state index contributed by atoms with van der Waals surface area (Å²) in [6.45, 7) is 8.14. The van der Waals surface area contributed by atoms with Gasteiger partial charge in [0.25, 0.3) is 0 Å². The maximum atomic E-state index is 11.6. The van der Waals surface area contributed by atoms with E-state index in [2.05, 4.69) is 23.7 Å². The van der Waals surface area contributed by atoms with Crippen molar-refractivity contribution >= 4 is 5.97 Å². The Kier molecular flexibility index (Phi) is 23.8. The lowest BCUT2D eigenvalue weighted by Gasteiger charge is -2.21. The van der Waals surface area contributed by atoms with Crippen LogP contribution < -0.4 is 0 Å². The quantitative estimate of drug-likeness (QED) is 0.165. The van der Waals surface area contributed by atoms with E-state index in [4.69, 9.17) is 28.8 Å². The number of hydrogen-bond donors (Lipinski definition) is 3. The topological polar surface area (TPSA) is 124 Å². The highest BCUT2D eigenvalue weighted by molar-refractivity contribution is 5.75. The lowest BCUT2D eigenvalue weighted by Crippen LogP contribution is -2.23. The Morgan fingerprint density at radius 2 is 1.32 bits per heavy atom. The molecule has 2 aliphatic heterocycles. The second-order valence-corrected chi connectivity index (χ2v) is 11.0. The lowest BCUT2D eigenvalue weighted by molar-refractivity contribution is -0.154. The van der Waals surface area contributed by atoms with E-state index >= 15 is 0 Å². The highest BCUT2D eigenvalue weighted by Crippen LogP contribution is 2.16. The van der Waals surface area contributed by atoms with Gasteiger partial charge in [-0.2, -0.15) is 0 Å². The Morgan fingerprint density at radius 1 is 0.829 bits per heavy atom. The first-order valence-electron chi connectivity index (χ1n) is 14.7. The number of esters is 1. The van der Waals surface area contributed by atoms with E-state index in [-0.39, 0.29) is 32.6 Å². The third-order valence-electron chi connectivity index (χ3n) is 6.11. The van der Waals surface area contributed by atoms with Gasteiger partial charge in [-0.3, -0.25) is 4.79 Å². The van der Waals surface area contributed by atoms with Crippen molar-refractivity contribution in [1.29, 1.82) is 0 Å². The third-order valence-corrected chi connectivity index (χ3v) is 6.11. The first-order chi connectivity index (χ1) is 19.2. The molecular weight excluding hydrogens is 528 g/mol. The van der Waals surface area contributed by atoms with Crippen molar-refractivity contribution in [2.75, 3.05) is 39.6 Å². The van der Waals surface area contributed by atoms with Gasteiger partial charge in [-0.25, -0.2) is 0 Å². The van der Waals surface area contributed by atoms with E-state index in [9.17, 15) is 15.0 Å². The Hall–Kier alpha value is -1.69. The molecule has 0 bridgehead atoms. The van der Waals surface area contributed by atoms with E-state index in [1.807, 2.05) is 20.8 Å². The molecule has 0 spiro atoms. The van der Waals surface area contributed by atoms with Crippen LogP contribution in [-0.4, -0.2) is 85.7 Å². The zero-order valence-electron chi connectivity index (χ0n) is 24.8. The SMILES string of the molecule is C.CC(C)(C)C(=O)OCCC[C@H](O)CC#CCOC1CCCCO1.OCCC[C@H](O)CC#CCOC1CCCCO1. The van der Waals surface area contributed by atoms with Crippen LogP contribution in [0.15, 0.2) is 0 Å². The molecule has 0 saturated carbocycles. The summed E-state index contributed by atoms with van der Waals surface area (Å²) in [6, 6.07) is 0. The molecule has 0 aromatic rings. The van der Waals surface area contributed by atoms with Crippen LogP contribution in [-0.2, 0) is 28.5 Å². The Morgan fingerprint density at radius 3 is 1.73 bits per heavy atom. The maximum Gasteiger partial charge on any atom is 0.311 e. The number of carbonyl (C=O) groups is 1. The first-order valence-corrected chi connectivity index (χ1v) is 14.7. The van der Waals surface area contributed by atoms with E-state index in [0.717, 1.165) is 51.7 Å². The van der Waals surface area contributed by atoms with Gasteiger partial charge in [0.1, 0.15) is 13.2 Å². The van der Waals surface area contributed by atoms with Crippen molar-refractivity contribution in [3.8, 4) is 23.7 Å². The van der Waals surface area contributed by atoms with Crippen LogP contribution in [0.1, 0.15) is 105 Å². The summed E-state index contributed by atoms with van der Waals surface area (Å²) in [6.07, 6.45) is 8.47. The standard InChI is InChI=1S/C18H30O5.C13H22O4.CH4/c1-18(2,3)17(20)23-14-8-10-15(19)9-4-6-12-21-16-11-5-7-13-22-16;14-9-5-7-12(15)6-1-3-10-16-13-8-2-4-11-17-13;/h15-16,19H,5,7-14H2,1-3H3;12-15H,2,4-11H2;1H4/t15-,16?;12-,13?;/m11./s1. The molecule has 0 aromatic carbocycles. The van der Waals surface area contributed by atoms with Gasteiger partial charge < -0.3 is 39.0 Å². The molecule has 238 valence electrons. The van der Waals surface area contributed by atoms with Gasteiger partial charge in [0.05, 0.1) is 24.2 Å². The van der Waals surface area contributed by atoms with E-state index in [1.165, 1.54) is 0 Å². The number of rotatable bonds is 13. The van der Waals surface area contributed by atoms with Gasteiger partial charge >= 0.3 is 5.97 Å². The maximum absolute atomic E-state index is 11.6. The van der Waals surface area contributed by atoms with Crippen LogP contribution in [0.25, 0.3) is 0 Å². The molecule has 0 amide bonds. The van der Waals surface area contributed by atoms with Gasteiger partial charge in [0, 0.05) is 32.7 Å². The van der Waals surface area contributed by atoms with Crippen molar-refractivity contribution in [2.45, 2.75) is 130 Å². The summed E-state index contributed by atoms with van der Waals surface area (Å²) in [5.74, 6) is 11.3. The summed E-state index contributed by atoms with van der Waals surface area (Å²) in [5, 5.41) is 27.9. The fourth-order valence-corrected chi connectivity index (χ4v) is 3.67. The average Bonchev–Trinajstić information content (AvgIpc) is 2.94. The number of carbonyl (C=O) groups excluding carboxylic acids is 1. The smallest absolute Gasteiger partial charge is 0.311 e. The summed E-state index contributed by atoms with van der Waals surface area (Å²) in [5.41, 5.74) is -0.480. The fraction of sp³-hybridized carbons (Fsp3) is 0.844. The van der Waals surface area contributed by atoms with Crippen molar-refractivity contribution in [3.05, 3.63) is 0 Å². The van der Waals surface area contributed by atoms with Crippen molar-refractivity contribution in [2.24, 2.45) is 5.41 Å². The number of aliphatic hydroxyl groups is 3. The lowest BCUT2D eigenvalue weighted by atomic mass is 9.97. The summed E-state index contributed by atoms with van der Waals surface area (Å²) < 4.78 is 26.9. The van der Waals surface area contributed by atoms with Gasteiger partial charge in [0.15, 0.2) is 12.6 Å². The van der Waals surface area contributed by atoms with Crippen LogP contribution in [0.5, 0.6) is 0 Å². The summed E-state index contributed by atoms with van der Waals surface area (Å²) >= 11 is 0. The van der Waals surface area contributed by atoms with Crippen molar-refractivity contribution < 1.29 is 43.8 Å². The molecule has 2 fully saturated rings. The normalized spacial score (nSPS) is 20.0. The number of aliphatic hydroxyl groups excluding tert-OH is 3. The van der Waals surface area contributed by atoms with E-state index in [1.54, 1.807) is 0 Å². The largest absolute Gasteiger partial charge is 0.465 e. The molecule has 9 heteroatoms. The van der Waals surface area contributed by atoms with Crippen LogP contribution in [0, 0.1) is 29.1 Å². The monoisotopic (exact) mass is 584 g/mol. The Labute approximate surface area is 248 Å². The Bertz CT molecular complexity index is 760. The van der Waals surface area contributed by atoms with E-state index < -0.39 is 17.6 Å². The third kappa shape index (κ3) is 22.6. The molecule has 9 nitrogen and oxygen atoms in total. The molecule has 2 unspecified atom stereocenters. The van der Waals surface area contributed by atoms with Gasteiger partial charge in [0.2, 0.25) is 0 Å². The molecular formula is C32H56O9. The molecule has 2 rings (SSSR count). The molecule has 2 saturated heterocycles. The van der Waals surface area contributed by atoms with Crippen LogP contribution in [0.4, 0.5) is 0 Å². The van der Waals surface area contributed by atoms with Crippen LogP contribution >= 0.6 is 0 Å². The average molecular weight is 585 g/mol. The molecule has 0 aromatic heterocycles. The second kappa shape index (κ2) is 24.9. The first kappa shape index (κ1) is 39.3. The molecule has 4 atom stereocenters. The molecule has 3 N–H and O–H groups in total. The minimum Gasteiger partial charge on any atom is -0.465 e. The number of ether oxygens (including phenoxy) is 5. The molecule has 2 heterocycles. The second-order valence-electron chi connectivity index (χ2n) is 11.0. The van der Waals surface area contributed by atoms with Crippen molar-refractivity contribution in [1.82, 2.24) is 0 Å². The predicted molar refractivity (Wildman–Crippen MR) is 159 cm³/mol. The van der Waals surface area contributed by atoms with Gasteiger partial charge in [-0.05, 0) is 85.0 Å². The summed E-state index contributed by atoms with van der Waals surface area (Å²) in [4.78, 5) is 11.6. The minimum atomic E-state index is -0.498. The molecule has 41 heavy (non-hydrogen) atoms. The molecule has 0 aliphatic carbocycles. The highest BCUT2D eigenvalue weighted by Gasteiger charge is 2.22. The zero-order valence-corrected chi connectivity index (χ0v) is 24.8. The van der Waals surface area contributed by atoms with Crippen LogP contribution in [0.3, 0.4) is 0 Å². The molecule has 0 radical (unpaired) electrons. The van der Waals surface area contributed by atoms with Gasteiger partial charge in [-0.1, -0.05) is 31.1 Å².